The molecule has 0 saturated heterocycles. The van der Waals surface area contributed by atoms with Gasteiger partial charge in [-0.25, -0.2) is 28.1 Å². The van der Waals surface area contributed by atoms with E-state index in [0.29, 0.717) is 16.9 Å². The Kier molecular flexibility index (Phi) is 6.11. The third-order valence-corrected chi connectivity index (χ3v) is 4.93. The van der Waals surface area contributed by atoms with Crippen molar-refractivity contribution in [2.75, 3.05) is 14.2 Å². The molecule has 11 heteroatoms. The summed E-state index contributed by atoms with van der Waals surface area (Å²) in [5, 5.41) is 1.61. The number of amides is 1. The molecule has 3 aromatic heterocycles. The minimum Gasteiger partial charge on any atom is -0.496 e. The summed E-state index contributed by atoms with van der Waals surface area (Å²) in [7, 11) is 2.61. The van der Waals surface area contributed by atoms with Crippen LogP contribution < -0.4 is 14.8 Å². The van der Waals surface area contributed by atoms with Crippen LogP contribution in [0, 0.1) is 0 Å². The van der Waals surface area contributed by atoms with Gasteiger partial charge in [0.2, 0.25) is 6.30 Å². The Labute approximate surface area is 186 Å². The van der Waals surface area contributed by atoms with E-state index in [1.165, 1.54) is 32.7 Å². The fourth-order valence-electron chi connectivity index (χ4n) is 3.37. The largest absolute Gasteiger partial charge is 0.496 e. The van der Waals surface area contributed by atoms with E-state index in [4.69, 9.17) is 9.47 Å². The summed E-state index contributed by atoms with van der Waals surface area (Å²) in [6.45, 7) is 0. The third kappa shape index (κ3) is 4.29. The molecule has 0 radical (unpaired) electrons. The lowest BCUT2D eigenvalue weighted by Gasteiger charge is -2.16. The number of pyridine rings is 1. The van der Waals surface area contributed by atoms with Gasteiger partial charge in [-0.05, 0) is 29.8 Å². The molecule has 0 saturated carbocycles. The van der Waals surface area contributed by atoms with Crippen molar-refractivity contribution in [1.29, 1.82) is 0 Å². The average molecular weight is 457 g/mol. The highest BCUT2D eigenvalue weighted by Crippen LogP contribution is 2.36. The van der Waals surface area contributed by atoms with E-state index in [2.05, 4.69) is 15.0 Å². The van der Waals surface area contributed by atoms with Crippen LogP contribution >= 0.6 is 0 Å². The molecule has 0 aliphatic rings. The van der Waals surface area contributed by atoms with Crippen molar-refractivity contribution in [2.24, 2.45) is 0 Å². The van der Waals surface area contributed by atoms with E-state index in [9.17, 15) is 18.0 Å². The first kappa shape index (κ1) is 22.1. The molecular weight excluding hydrogens is 439 g/mol. The monoisotopic (exact) mass is 457 g/mol. The van der Waals surface area contributed by atoms with Crippen molar-refractivity contribution in [3.05, 3.63) is 60.9 Å². The standard InChI is InChI=1S/C22H18F3N5O3/c1-32-16-5-13(6-17(33-2)19(16)22(31)29-21(25)20(23)24)15-10-28-18-7-12(3-4-30(15)18)14-8-26-11-27-9-14/h3-11,20-21H,1-2H3,(H,29,31). The summed E-state index contributed by atoms with van der Waals surface area (Å²) in [5.74, 6) is -1.04. The molecule has 170 valence electrons. The lowest BCUT2D eigenvalue weighted by Crippen LogP contribution is -2.36. The van der Waals surface area contributed by atoms with E-state index in [-0.39, 0.29) is 17.1 Å². The third-order valence-electron chi connectivity index (χ3n) is 4.93. The maximum Gasteiger partial charge on any atom is 0.287 e. The van der Waals surface area contributed by atoms with Crippen LogP contribution in [0.4, 0.5) is 13.2 Å². The lowest BCUT2D eigenvalue weighted by molar-refractivity contribution is 0.0285. The Hall–Kier alpha value is -4.15. The van der Waals surface area contributed by atoms with Crippen LogP contribution in [0.2, 0.25) is 0 Å². The molecule has 0 fully saturated rings. The SMILES string of the molecule is COc1cc(-c2cnc3cc(-c4cncnc4)ccn23)cc(OC)c1C(=O)NC(F)C(F)F. The molecule has 1 amide bonds. The van der Waals surface area contributed by atoms with Crippen LogP contribution in [0.5, 0.6) is 11.5 Å². The molecule has 33 heavy (non-hydrogen) atoms. The molecule has 3 heterocycles. The Morgan fingerprint density at radius 1 is 0.970 bits per heavy atom. The quantitative estimate of drug-likeness (QED) is 0.425. The number of methoxy groups -OCH3 is 2. The number of nitrogens with one attached hydrogen (secondary N) is 1. The summed E-state index contributed by atoms with van der Waals surface area (Å²) in [6.07, 6.45) is 2.09. The molecule has 1 unspecified atom stereocenters. The second-order valence-corrected chi connectivity index (χ2v) is 6.88. The van der Waals surface area contributed by atoms with Gasteiger partial charge in [0.05, 0.1) is 26.1 Å². The van der Waals surface area contributed by atoms with Gasteiger partial charge in [-0.3, -0.25) is 9.20 Å². The highest BCUT2D eigenvalue weighted by molar-refractivity contribution is 6.00. The first-order valence-corrected chi connectivity index (χ1v) is 9.65. The van der Waals surface area contributed by atoms with Gasteiger partial charge in [0, 0.05) is 29.7 Å². The van der Waals surface area contributed by atoms with Gasteiger partial charge in [-0.1, -0.05) is 0 Å². The van der Waals surface area contributed by atoms with E-state index in [1.54, 1.807) is 23.9 Å². The van der Waals surface area contributed by atoms with E-state index in [0.717, 1.165) is 11.1 Å². The van der Waals surface area contributed by atoms with Crippen LogP contribution in [0.3, 0.4) is 0 Å². The molecule has 1 N–H and O–H groups in total. The van der Waals surface area contributed by atoms with Crippen molar-refractivity contribution in [2.45, 2.75) is 12.7 Å². The van der Waals surface area contributed by atoms with Gasteiger partial charge in [-0.2, -0.15) is 0 Å². The number of rotatable bonds is 7. The van der Waals surface area contributed by atoms with Gasteiger partial charge in [0.15, 0.2) is 0 Å². The molecule has 0 bridgehead atoms. The topological polar surface area (TPSA) is 90.6 Å². The first-order valence-electron chi connectivity index (χ1n) is 9.65. The highest BCUT2D eigenvalue weighted by atomic mass is 19.3. The molecule has 0 aliphatic carbocycles. The van der Waals surface area contributed by atoms with Gasteiger partial charge >= 0.3 is 0 Å². The number of hydrogen-bond donors (Lipinski definition) is 1. The zero-order valence-corrected chi connectivity index (χ0v) is 17.5. The van der Waals surface area contributed by atoms with Crippen molar-refractivity contribution in [3.63, 3.8) is 0 Å². The molecule has 8 nitrogen and oxygen atoms in total. The van der Waals surface area contributed by atoms with Crippen LogP contribution in [0.1, 0.15) is 10.4 Å². The summed E-state index contributed by atoms with van der Waals surface area (Å²) in [6, 6.07) is 6.79. The molecular formula is C22H18F3N5O3. The maximum absolute atomic E-state index is 13.4. The van der Waals surface area contributed by atoms with Crippen molar-refractivity contribution >= 4 is 11.6 Å². The molecule has 4 aromatic rings. The Balaban J connectivity index is 1.75. The smallest absolute Gasteiger partial charge is 0.287 e. The number of fused-ring (bicyclic) bond motifs is 1. The zero-order valence-electron chi connectivity index (χ0n) is 17.5. The molecule has 4 rings (SSSR count). The van der Waals surface area contributed by atoms with Crippen LogP contribution in [-0.4, -0.2) is 52.2 Å². The fraction of sp³-hybridized carbons (Fsp3) is 0.182. The number of benzene rings is 1. The fourth-order valence-corrected chi connectivity index (χ4v) is 3.37. The number of aromatic nitrogens is 4. The molecule has 0 aliphatic heterocycles. The number of imidazole rings is 1. The number of carbonyl (C=O) groups excluding carboxylic acids is 1. The number of hydrogen-bond acceptors (Lipinski definition) is 6. The second-order valence-electron chi connectivity index (χ2n) is 6.88. The summed E-state index contributed by atoms with van der Waals surface area (Å²) >= 11 is 0. The zero-order chi connectivity index (χ0) is 23.5. The van der Waals surface area contributed by atoms with Crippen molar-refractivity contribution < 1.29 is 27.4 Å². The van der Waals surface area contributed by atoms with Gasteiger partial charge in [0.25, 0.3) is 12.3 Å². The number of ether oxygens (including phenoxy) is 2. The Morgan fingerprint density at radius 2 is 1.64 bits per heavy atom. The van der Waals surface area contributed by atoms with Crippen LogP contribution in [0.15, 0.2) is 55.4 Å². The maximum atomic E-state index is 13.4. The summed E-state index contributed by atoms with van der Waals surface area (Å²) < 4.78 is 50.8. The Bertz CT molecular complexity index is 1270. The number of carbonyl (C=O) groups is 1. The van der Waals surface area contributed by atoms with Crippen molar-refractivity contribution in [3.8, 4) is 33.9 Å². The van der Waals surface area contributed by atoms with Crippen LogP contribution in [0.25, 0.3) is 28.0 Å². The van der Waals surface area contributed by atoms with Gasteiger partial charge < -0.3 is 14.8 Å². The first-order chi connectivity index (χ1) is 15.9. The molecule has 1 atom stereocenters. The summed E-state index contributed by atoms with van der Waals surface area (Å²) in [5.41, 5.74) is 3.38. The predicted octanol–water partition coefficient (Wildman–Crippen LogP) is 3.77. The number of alkyl halides is 3. The number of nitrogens with zero attached hydrogens (tertiary/aromatic N) is 4. The van der Waals surface area contributed by atoms with Crippen molar-refractivity contribution in [1.82, 2.24) is 24.7 Å². The Morgan fingerprint density at radius 3 is 2.24 bits per heavy atom. The predicted molar refractivity (Wildman–Crippen MR) is 113 cm³/mol. The second kappa shape index (κ2) is 9.15. The van der Waals surface area contributed by atoms with E-state index in [1.807, 2.05) is 22.7 Å². The normalized spacial score (nSPS) is 12.1. The van der Waals surface area contributed by atoms with Crippen LogP contribution in [-0.2, 0) is 0 Å². The van der Waals surface area contributed by atoms with E-state index >= 15 is 0 Å². The average Bonchev–Trinajstić information content (AvgIpc) is 3.26. The van der Waals surface area contributed by atoms with Gasteiger partial charge in [-0.15, -0.1) is 0 Å². The molecule has 1 aromatic carbocycles. The lowest BCUT2D eigenvalue weighted by atomic mass is 10.1. The molecule has 0 spiro atoms. The minimum absolute atomic E-state index is 0.0244. The van der Waals surface area contributed by atoms with E-state index < -0.39 is 18.6 Å². The van der Waals surface area contributed by atoms with Gasteiger partial charge in [0.1, 0.15) is 29.0 Å². The minimum atomic E-state index is -3.37. The summed E-state index contributed by atoms with van der Waals surface area (Å²) in [4.78, 5) is 24.9. The number of halogens is 3. The highest BCUT2D eigenvalue weighted by Gasteiger charge is 2.27.